The maximum atomic E-state index is 13.7. The molecule has 168 valence electrons. The lowest BCUT2D eigenvalue weighted by Crippen LogP contribution is -2.30. The number of aromatic amines is 1. The van der Waals surface area contributed by atoms with Gasteiger partial charge in [0.25, 0.3) is 0 Å². The summed E-state index contributed by atoms with van der Waals surface area (Å²) in [7, 11) is 0. The van der Waals surface area contributed by atoms with Crippen LogP contribution in [0.15, 0.2) is 79.0 Å². The van der Waals surface area contributed by atoms with E-state index in [2.05, 4.69) is 41.5 Å². The van der Waals surface area contributed by atoms with E-state index in [0.717, 1.165) is 28.5 Å². The van der Waals surface area contributed by atoms with Crippen LogP contribution in [0, 0.1) is 6.92 Å². The van der Waals surface area contributed by atoms with Gasteiger partial charge in [0, 0.05) is 35.6 Å². The molecule has 4 nitrogen and oxygen atoms in total. The summed E-state index contributed by atoms with van der Waals surface area (Å²) in [5.41, 5.74) is 6.14. The number of benzene rings is 3. The zero-order valence-electron chi connectivity index (χ0n) is 19.2. The fourth-order valence-corrected chi connectivity index (χ4v) is 4.13. The predicted molar refractivity (Wildman–Crippen MR) is 134 cm³/mol. The molecule has 3 aromatic carbocycles. The summed E-state index contributed by atoms with van der Waals surface area (Å²) in [4.78, 5) is 28.3. The molecule has 0 unspecified atom stereocenters. The van der Waals surface area contributed by atoms with Crippen LogP contribution in [-0.2, 0) is 17.6 Å². The van der Waals surface area contributed by atoms with E-state index in [1.807, 2.05) is 48.5 Å². The lowest BCUT2D eigenvalue weighted by molar-refractivity contribution is -0.116. The summed E-state index contributed by atoms with van der Waals surface area (Å²) in [5, 5.41) is 4.41. The van der Waals surface area contributed by atoms with E-state index in [1.54, 1.807) is 13.1 Å². The molecule has 4 heteroatoms. The highest BCUT2D eigenvalue weighted by Crippen LogP contribution is 2.26. The Morgan fingerprint density at radius 3 is 2.36 bits per heavy atom. The second-order valence-electron chi connectivity index (χ2n) is 8.68. The molecule has 1 heterocycles. The maximum absolute atomic E-state index is 13.7. The van der Waals surface area contributed by atoms with Crippen molar-refractivity contribution in [2.75, 3.05) is 6.54 Å². The summed E-state index contributed by atoms with van der Waals surface area (Å²) in [6.45, 7) is 4.39. The number of hydrogen-bond donors (Lipinski definition) is 2. The Bertz CT molecular complexity index is 1240. The Morgan fingerprint density at radius 2 is 1.64 bits per heavy atom. The lowest BCUT2D eigenvalue weighted by Gasteiger charge is -2.18. The first kappa shape index (κ1) is 22.7. The topological polar surface area (TPSA) is 62.0 Å². The Morgan fingerprint density at radius 1 is 0.909 bits per heavy atom. The van der Waals surface area contributed by atoms with Gasteiger partial charge in [0.1, 0.15) is 5.78 Å². The first-order valence-electron chi connectivity index (χ1n) is 11.5. The van der Waals surface area contributed by atoms with Crippen molar-refractivity contribution in [1.29, 1.82) is 0 Å². The normalized spacial score (nSPS) is 12.1. The van der Waals surface area contributed by atoms with Crippen molar-refractivity contribution in [3.63, 3.8) is 0 Å². The van der Waals surface area contributed by atoms with Crippen LogP contribution in [0.2, 0.25) is 0 Å². The number of nitrogens with one attached hydrogen (secondary N) is 2. The number of ketones is 2. The van der Waals surface area contributed by atoms with Crippen LogP contribution in [-0.4, -0.2) is 23.1 Å². The number of fused-ring (bicyclic) bond motifs is 1. The van der Waals surface area contributed by atoms with E-state index < -0.39 is 6.04 Å². The highest BCUT2D eigenvalue weighted by molar-refractivity contribution is 6.10. The fourth-order valence-electron chi connectivity index (χ4n) is 4.13. The van der Waals surface area contributed by atoms with Crippen molar-refractivity contribution in [3.05, 3.63) is 107 Å². The third-order valence-electron chi connectivity index (χ3n) is 6.06. The molecule has 0 aliphatic heterocycles. The second-order valence-corrected chi connectivity index (χ2v) is 8.68. The van der Waals surface area contributed by atoms with Gasteiger partial charge in [0.15, 0.2) is 5.78 Å². The van der Waals surface area contributed by atoms with Gasteiger partial charge in [0.2, 0.25) is 0 Å². The molecule has 0 amide bonds. The Kier molecular flexibility index (Phi) is 7.16. The highest BCUT2D eigenvalue weighted by atomic mass is 16.1. The summed E-state index contributed by atoms with van der Waals surface area (Å²) in [5.74, 6) is 0.229. The van der Waals surface area contributed by atoms with E-state index in [4.69, 9.17) is 0 Å². The minimum atomic E-state index is -0.423. The molecular weight excluding hydrogens is 408 g/mol. The summed E-state index contributed by atoms with van der Waals surface area (Å²) < 4.78 is 0. The van der Waals surface area contributed by atoms with Gasteiger partial charge >= 0.3 is 0 Å². The molecule has 1 aromatic heterocycles. The molecule has 0 aliphatic rings. The number of hydrogen-bond acceptors (Lipinski definition) is 3. The number of carbonyl (C=O) groups is 2. The van der Waals surface area contributed by atoms with E-state index in [0.29, 0.717) is 24.9 Å². The van der Waals surface area contributed by atoms with Crippen LogP contribution >= 0.6 is 0 Å². The van der Waals surface area contributed by atoms with E-state index >= 15 is 0 Å². The first-order valence-corrected chi connectivity index (χ1v) is 11.5. The van der Waals surface area contributed by atoms with Gasteiger partial charge in [-0.2, -0.15) is 0 Å². The fraction of sp³-hybridized carbons (Fsp3) is 0.241. The first-order chi connectivity index (χ1) is 16.0. The number of carbonyl (C=O) groups excluding carboxylic acids is 2. The molecule has 0 radical (unpaired) electrons. The molecule has 0 fully saturated rings. The lowest BCUT2D eigenvalue weighted by atomic mass is 9.96. The number of aromatic nitrogens is 1. The van der Waals surface area contributed by atoms with Crippen LogP contribution in [0.1, 0.15) is 52.0 Å². The molecule has 0 aliphatic carbocycles. The molecule has 4 aromatic rings. The van der Waals surface area contributed by atoms with Crippen LogP contribution in [0.25, 0.3) is 10.9 Å². The van der Waals surface area contributed by atoms with Crippen LogP contribution < -0.4 is 5.32 Å². The Balaban J connectivity index is 1.55. The SMILES string of the molecule is CC(=O)CCc1ccc2c(C(=O)[C@@H](NCCc3ccc(C)cc3)c3ccccc3)c[nH]c2c1. The summed E-state index contributed by atoms with van der Waals surface area (Å²) >= 11 is 0. The van der Waals surface area contributed by atoms with Gasteiger partial charge in [-0.3, -0.25) is 4.79 Å². The van der Waals surface area contributed by atoms with Crippen LogP contribution in [0.5, 0.6) is 0 Å². The largest absolute Gasteiger partial charge is 0.360 e. The molecule has 4 rings (SSSR count). The Labute approximate surface area is 195 Å². The van der Waals surface area contributed by atoms with Gasteiger partial charge in [-0.05, 0) is 49.4 Å². The minimum Gasteiger partial charge on any atom is -0.360 e. The minimum absolute atomic E-state index is 0.0489. The zero-order chi connectivity index (χ0) is 23.2. The molecule has 1 atom stereocenters. The summed E-state index contributed by atoms with van der Waals surface area (Å²) in [6.07, 6.45) is 3.89. The highest BCUT2D eigenvalue weighted by Gasteiger charge is 2.24. The van der Waals surface area contributed by atoms with Crippen molar-refractivity contribution >= 4 is 22.5 Å². The smallest absolute Gasteiger partial charge is 0.186 e. The second kappa shape index (κ2) is 10.4. The molecule has 0 spiro atoms. The predicted octanol–water partition coefficient (Wildman–Crippen LogP) is 5.75. The maximum Gasteiger partial charge on any atom is 0.186 e. The number of aryl methyl sites for hydroxylation is 2. The van der Waals surface area contributed by atoms with Crippen molar-refractivity contribution in [2.24, 2.45) is 0 Å². The van der Waals surface area contributed by atoms with Crippen LogP contribution in [0.4, 0.5) is 0 Å². The standard InChI is InChI=1S/C29H30N2O2/c1-20-8-11-22(12-9-20)16-17-30-28(24-6-4-3-5-7-24)29(33)26-19-31-27-18-23(13-10-21(2)32)14-15-25(26)27/h3-9,11-12,14-15,18-19,28,30-31H,10,13,16-17H2,1-2H3/t28-/m0/s1. The molecule has 0 saturated carbocycles. The summed E-state index contributed by atoms with van der Waals surface area (Å²) in [6, 6.07) is 24.0. The third-order valence-corrected chi connectivity index (χ3v) is 6.06. The van der Waals surface area contributed by atoms with Crippen molar-refractivity contribution in [3.8, 4) is 0 Å². The van der Waals surface area contributed by atoms with Crippen molar-refractivity contribution < 1.29 is 9.59 Å². The average Bonchev–Trinajstić information content (AvgIpc) is 3.25. The number of Topliss-reactive ketones (excluding diaryl/α,β-unsaturated/α-hetero) is 2. The molecule has 2 N–H and O–H groups in total. The van der Waals surface area contributed by atoms with E-state index in [1.165, 1.54) is 11.1 Å². The molecule has 33 heavy (non-hydrogen) atoms. The van der Waals surface area contributed by atoms with Gasteiger partial charge < -0.3 is 15.1 Å². The van der Waals surface area contributed by atoms with Gasteiger partial charge in [0.05, 0.1) is 6.04 Å². The van der Waals surface area contributed by atoms with Crippen molar-refractivity contribution in [1.82, 2.24) is 10.3 Å². The van der Waals surface area contributed by atoms with E-state index in [-0.39, 0.29) is 11.6 Å². The quantitative estimate of drug-likeness (QED) is 0.310. The molecule has 0 bridgehead atoms. The number of H-pyrrole nitrogens is 1. The average molecular weight is 439 g/mol. The van der Waals surface area contributed by atoms with Crippen molar-refractivity contribution in [2.45, 2.75) is 39.2 Å². The third kappa shape index (κ3) is 5.65. The molecular formula is C29H30N2O2. The van der Waals surface area contributed by atoms with Gasteiger partial charge in [-0.15, -0.1) is 0 Å². The van der Waals surface area contributed by atoms with Gasteiger partial charge in [-0.25, -0.2) is 0 Å². The zero-order valence-corrected chi connectivity index (χ0v) is 19.2. The van der Waals surface area contributed by atoms with Crippen LogP contribution in [0.3, 0.4) is 0 Å². The Hall–Kier alpha value is -3.50. The number of rotatable bonds is 10. The monoisotopic (exact) mass is 438 g/mol. The van der Waals surface area contributed by atoms with E-state index in [9.17, 15) is 9.59 Å². The van der Waals surface area contributed by atoms with Gasteiger partial charge in [-0.1, -0.05) is 72.3 Å². The molecule has 0 saturated heterocycles.